The summed E-state index contributed by atoms with van der Waals surface area (Å²) in [6.45, 7) is 9.48. The van der Waals surface area contributed by atoms with Gasteiger partial charge in [-0.05, 0) is 32.0 Å². The minimum Gasteiger partial charge on any atom is -0.490 e. The maximum absolute atomic E-state index is 12.9. The van der Waals surface area contributed by atoms with Crippen LogP contribution in [0.1, 0.15) is 29.8 Å². The van der Waals surface area contributed by atoms with Crippen molar-refractivity contribution in [3.05, 3.63) is 59.7 Å². The first kappa shape index (κ1) is 19.2. The van der Waals surface area contributed by atoms with Crippen LogP contribution in [0, 0.1) is 0 Å². The van der Waals surface area contributed by atoms with E-state index in [1.165, 1.54) is 10.5 Å². The molecule has 144 valence electrons. The number of carbonyl (C=O) groups excluding carboxylic acids is 1. The molecule has 5 heteroatoms. The van der Waals surface area contributed by atoms with Crippen LogP contribution in [0.4, 0.5) is 0 Å². The van der Waals surface area contributed by atoms with Gasteiger partial charge in [-0.2, -0.15) is 0 Å². The van der Waals surface area contributed by atoms with Gasteiger partial charge in [0.15, 0.2) is 11.5 Å². The summed E-state index contributed by atoms with van der Waals surface area (Å²) in [5.74, 6) is 1.39. The molecule has 1 aliphatic rings. The zero-order valence-electron chi connectivity index (χ0n) is 16.2. The minimum atomic E-state index is 0.0674. The van der Waals surface area contributed by atoms with Crippen LogP contribution in [0.25, 0.3) is 0 Å². The van der Waals surface area contributed by atoms with Gasteiger partial charge in [0, 0.05) is 11.1 Å². The van der Waals surface area contributed by atoms with E-state index in [1.54, 1.807) is 6.07 Å². The van der Waals surface area contributed by atoms with Crippen molar-refractivity contribution in [3.63, 3.8) is 0 Å². The Kier molecular flexibility index (Phi) is 6.71. The van der Waals surface area contributed by atoms with Crippen molar-refractivity contribution in [2.75, 3.05) is 39.4 Å². The van der Waals surface area contributed by atoms with Crippen LogP contribution >= 0.6 is 0 Å². The molecule has 2 aromatic carbocycles. The van der Waals surface area contributed by atoms with Gasteiger partial charge in [-0.3, -0.25) is 4.79 Å². The molecule has 1 N–H and O–H groups in total. The fourth-order valence-electron chi connectivity index (χ4n) is 3.45. The second kappa shape index (κ2) is 9.42. The molecule has 0 radical (unpaired) electrons. The van der Waals surface area contributed by atoms with Crippen molar-refractivity contribution in [2.24, 2.45) is 0 Å². The Morgan fingerprint density at radius 2 is 1.63 bits per heavy atom. The number of rotatable bonds is 7. The first-order chi connectivity index (χ1) is 13.2. The lowest BCUT2D eigenvalue weighted by Gasteiger charge is -2.32. The summed E-state index contributed by atoms with van der Waals surface area (Å²) in [6.07, 6.45) is 0. The summed E-state index contributed by atoms with van der Waals surface area (Å²) in [7, 11) is 0. The number of hydrogen-bond donors (Lipinski definition) is 1. The van der Waals surface area contributed by atoms with Crippen LogP contribution < -0.4 is 14.4 Å². The Morgan fingerprint density at radius 1 is 0.963 bits per heavy atom. The van der Waals surface area contributed by atoms with Gasteiger partial charge in [0.2, 0.25) is 0 Å². The highest BCUT2D eigenvalue weighted by atomic mass is 16.5. The number of nitrogens with one attached hydrogen (secondary N) is 1. The van der Waals surface area contributed by atoms with Crippen LogP contribution in [-0.2, 0) is 6.54 Å². The largest absolute Gasteiger partial charge is 0.490 e. The van der Waals surface area contributed by atoms with E-state index < -0.39 is 0 Å². The summed E-state index contributed by atoms with van der Waals surface area (Å²) in [4.78, 5) is 16.4. The zero-order valence-corrected chi connectivity index (χ0v) is 16.2. The van der Waals surface area contributed by atoms with E-state index in [2.05, 4.69) is 24.3 Å². The summed E-state index contributed by atoms with van der Waals surface area (Å²) in [5, 5.41) is 0. The first-order valence-electron chi connectivity index (χ1n) is 9.77. The predicted octanol–water partition coefficient (Wildman–Crippen LogP) is 2.02. The number of piperazine rings is 1. The van der Waals surface area contributed by atoms with Crippen LogP contribution in [0.5, 0.6) is 11.5 Å². The lowest BCUT2D eigenvalue weighted by atomic mass is 10.1. The van der Waals surface area contributed by atoms with Gasteiger partial charge in [0.05, 0.1) is 39.4 Å². The first-order valence-corrected chi connectivity index (χ1v) is 9.77. The quantitative estimate of drug-likeness (QED) is 0.812. The third-order valence-electron chi connectivity index (χ3n) is 4.85. The molecular weight excluding hydrogens is 340 g/mol. The van der Waals surface area contributed by atoms with E-state index >= 15 is 0 Å². The molecule has 27 heavy (non-hydrogen) atoms. The standard InChI is InChI=1S/C22H28N2O3/c1-3-26-20-11-10-19(16-21(20)27-4-2)22(25)24-14-12-23(13-15-24)17-18-8-6-5-7-9-18/h5-11,16H,3-4,12-15,17H2,1-2H3/p+1. The molecule has 1 aliphatic heterocycles. The number of benzene rings is 2. The Bertz CT molecular complexity index is 740. The van der Waals surface area contributed by atoms with E-state index in [9.17, 15) is 4.79 Å². The number of ether oxygens (including phenoxy) is 2. The fraction of sp³-hybridized carbons (Fsp3) is 0.409. The molecule has 1 amide bonds. The van der Waals surface area contributed by atoms with Gasteiger partial charge in [0.1, 0.15) is 6.54 Å². The van der Waals surface area contributed by atoms with Crippen LogP contribution in [0.15, 0.2) is 48.5 Å². The third kappa shape index (κ3) is 5.01. The van der Waals surface area contributed by atoms with Crippen molar-refractivity contribution in [1.82, 2.24) is 4.90 Å². The van der Waals surface area contributed by atoms with Crippen molar-refractivity contribution < 1.29 is 19.2 Å². The molecule has 5 nitrogen and oxygen atoms in total. The van der Waals surface area contributed by atoms with Gasteiger partial charge in [-0.1, -0.05) is 30.3 Å². The molecule has 0 unspecified atom stereocenters. The lowest BCUT2D eigenvalue weighted by molar-refractivity contribution is -0.917. The zero-order chi connectivity index (χ0) is 19.1. The van der Waals surface area contributed by atoms with E-state index in [1.807, 2.05) is 36.9 Å². The van der Waals surface area contributed by atoms with E-state index in [0.29, 0.717) is 30.3 Å². The van der Waals surface area contributed by atoms with E-state index in [-0.39, 0.29) is 5.91 Å². The molecule has 0 aliphatic carbocycles. The average molecular weight is 369 g/mol. The van der Waals surface area contributed by atoms with Gasteiger partial charge < -0.3 is 19.3 Å². The molecule has 0 saturated carbocycles. The maximum Gasteiger partial charge on any atom is 0.254 e. The number of carbonyl (C=O) groups is 1. The summed E-state index contributed by atoms with van der Waals surface area (Å²) >= 11 is 0. The SMILES string of the molecule is CCOc1ccc(C(=O)N2CC[NH+](Cc3ccccc3)CC2)cc1OCC. The predicted molar refractivity (Wildman–Crippen MR) is 106 cm³/mol. The van der Waals surface area contributed by atoms with Gasteiger partial charge >= 0.3 is 0 Å². The van der Waals surface area contributed by atoms with Crippen LogP contribution in [0.3, 0.4) is 0 Å². The maximum atomic E-state index is 12.9. The average Bonchev–Trinajstić information content (AvgIpc) is 2.70. The Balaban J connectivity index is 1.61. The van der Waals surface area contributed by atoms with Crippen molar-refractivity contribution >= 4 is 5.91 Å². The number of hydrogen-bond acceptors (Lipinski definition) is 3. The highest BCUT2D eigenvalue weighted by molar-refractivity contribution is 5.95. The molecule has 0 atom stereocenters. The van der Waals surface area contributed by atoms with E-state index in [0.717, 1.165) is 32.7 Å². The Morgan fingerprint density at radius 3 is 2.30 bits per heavy atom. The Hall–Kier alpha value is -2.53. The second-order valence-electron chi connectivity index (χ2n) is 6.73. The highest BCUT2D eigenvalue weighted by Gasteiger charge is 2.25. The monoisotopic (exact) mass is 369 g/mol. The number of quaternary nitrogens is 1. The van der Waals surface area contributed by atoms with Gasteiger partial charge in [-0.25, -0.2) is 0 Å². The van der Waals surface area contributed by atoms with Gasteiger partial charge in [0.25, 0.3) is 5.91 Å². The summed E-state index contributed by atoms with van der Waals surface area (Å²) in [5.41, 5.74) is 2.01. The molecule has 2 aromatic rings. The third-order valence-corrected chi connectivity index (χ3v) is 4.85. The molecule has 0 spiro atoms. The number of amides is 1. The molecule has 1 heterocycles. The van der Waals surface area contributed by atoms with Crippen molar-refractivity contribution in [2.45, 2.75) is 20.4 Å². The summed E-state index contributed by atoms with van der Waals surface area (Å²) < 4.78 is 11.2. The smallest absolute Gasteiger partial charge is 0.254 e. The summed E-state index contributed by atoms with van der Waals surface area (Å²) in [6, 6.07) is 16.0. The highest BCUT2D eigenvalue weighted by Crippen LogP contribution is 2.29. The van der Waals surface area contributed by atoms with Crippen molar-refractivity contribution in [1.29, 1.82) is 0 Å². The molecule has 1 saturated heterocycles. The fourth-order valence-corrected chi connectivity index (χ4v) is 3.45. The minimum absolute atomic E-state index is 0.0674. The molecule has 1 fully saturated rings. The van der Waals surface area contributed by atoms with Crippen molar-refractivity contribution in [3.8, 4) is 11.5 Å². The van der Waals surface area contributed by atoms with Crippen LogP contribution in [0.2, 0.25) is 0 Å². The second-order valence-corrected chi connectivity index (χ2v) is 6.73. The number of nitrogens with zero attached hydrogens (tertiary/aromatic N) is 1. The van der Waals surface area contributed by atoms with E-state index in [4.69, 9.17) is 9.47 Å². The lowest BCUT2D eigenvalue weighted by Crippen LogP contribution is -3.13. The molecule has 3 rings (SSSR count). The Labute approximate surface area is 161 Å². The topological polar surface area (TPSA) is 43.2 Å². The molecule has 0 bridgehead atoms. The normalized spacial score (nSPS) is 14.8. The molecule has 0 aromatic heterocycles. The van der Waals surface area contributed by atoms with Crippen LogP contribution in [-0.4, -0.2) is 50.2 Å². The van der Waals surface area contributed by atoms with Gasteiger partial charge in [-0.15, -0.1) is 0 Å². The molecular formula is C22H29N2O3+.